The predicted octanol–water partition coefficient (Wildman–Crippen LogP) is 6.08. The zero-order chi connectivity index (χ0) is 24.8. The molecule has 2 aromatic rings. The summed E-state index contributed by atoms with van der Waals surface area (Å²) in [5.74, 6) is 0.516. The van der Waals surface area contributed by atoms with Crippen LogP contribution in [0.4, 0.5) is 0 Å². The highest BCUT2D eigenvalue weighted by Gasteiger charge is 2.16. The maximum Gasteiger partial charge on any atom is 0.347 e. The van der Waals surface area contributed by atoms with Gasteiger partial charge in [0.1, 0.15) is 11.5 Å². The van der Waals surface area contributed by atoms with Crippen LogP contribution in [-0.2, 0) is 19.1 Å². The van der Waals surface area contributed by atoms with E-state index in [1.165, 1.54) is 0 Å². The zero-order valence-corrected chi connectivity index (χ0v) is 20.6. The average Bonchev–Trinajstić information content (AvgIpc) is 2.84. The molecule has 2 atom stereocenters. The van der Waals surface area contributed by atoms with Gasteiger partial charge in [-0.1, -0.05) is 63.1 Å². The summed E-state index contributed by atoms with van der Waals surface area (Å²) in [6.07, 6.45) is 6.31. The fraction of sp³-hybridized carbons (Fsp3) is 0.429. The number of benzene rings is 2. The van der Waals surface area contributed by atoms with Crippen LogP contribution in [0.25, 0.3) is 12.2 Å². The molecule has 0 spiro atoms. The summed E-state index contributed by atoms with van der Waals surface area (Å²) in [5.41, 5.74) is 1.99. The summed E-state index contributed by atoms with van der Waals surface area (Å²) < 4.78 is 21.7. The Hall–Kier alpha value is -3.28. The lowest BCUT2D eigenvalue weighted by atomic mass is 10.1. The molecule has 0 amide bonds. The van der Waals surface area contributed by atoms with Crippen molar-refractivity contribution in [3.63, 3.8) is 0 Å². The van der Waals surface area contributed by atoms with Crippen molar-refractivity contribution < 1.29 is 28.5 Å². The maximum absolute atomic E-state index is 11.9. The first-order valence-corrected chi connectivity index (χ1v) is 12.0. The number of hydrogen-bond acceptors (Lipinski definition) is 6. The lowest BCUT2D eigenvalue weighted by Gasteiger charge is -2.14. The van der Waals surface area contributed by atoms with Crippen molar-refractivity contribution >= 4 is 24.1 Å². The van der Waals surface area contributed by atoms with Gasteiger partial charge in [0, 0.05) is 0 Å². The van der Waals surface area contributed by atoms with Crippen LogP contribution in [0.2, 0.25) is 0 Å². The molecule has 6 heteroatoms. The number of esters is 2. The van der Waals surface area contributed by atoms with Crippen molar-refractivity contribution in [2.24, 2.45) is 0 Å². The molecular formula is C28H36O6. The Morgan fingerprint density at radius 1 is 0.676 bits per heavy atom. The van der Waals surface area contributed by atoms with E-state index >= 15 is 0 Å². The van der Waals surface area contributed by atoms with Crippen molar-refractivity contribution in [3.05, 3.63) is 59.7 Å². The third kappa shape index (κ3) is 9.69. The second kappa shape index (κ2) is 14.8. The number of rotatable bonds is 14. The van der Waals surface area contributed by atoms with Crippen molar-refractivity contribution in [2.45, 2.75) is 65.6 Å². The molecule has 2 unspecified atom stereocenters. The van der Waals surface area contributed by atoms with Gasteiger partial charge < -0.3 is 18.9 Å². The van der Waals surface area contributed by atoms with Crippen molar-refractivity contribution in [1.29, 1.82) is 0 Å². The Kier molecular flexibility index (Phi) is 11.7. The van der Waals surface area contributed by atoms with Gasteiger partial charge in [0.05, 0.1) is 13.2 Å². The van der Waals surface area contributed by atoms with Crippen LogP contribution in [0.5, 0.6) is 11.5 Å². The molecule has 0 saturated carbocycles. The van der Waals surface area contributed by atoms with Crippen molar-refractivity contribution in [1.82, 2.24) is 0 Å². The van der Waals surface area contributed by atoms with Crippen LogP contribution in [0.1, 0.15) is 64.5 Å². The van der Waals surface area contributed by atoms with Gasteiger partial charge in [-0.05, 0) is 62.1 Å². The zero-order valence-electron chi connectivity index (χ0n) is 20.6. The van der Waals surface area contributed by atoms with Gasteiger partial charge in [0.2, 0.25) is 0 Å². The molecule has 0 aliphatic rings. The first kappa shape index (κ1) is 27.0. The van der Waals surface area contributed by atoms with Crippen LogP contribution in [0.15, 0.2) is 48.5 Å². The van der Waals surface area contributed by atoms with Crippen LogP contribution >= 0.6 is 0 Å². The van der Waals surface area contributed by atoms with Gasteiger partial charge >= 0.3 is 11.9 Å². The van der Waals surface area contributed by atoms with Crippen LogP contribution < -0.4 is 9.47 Å². The second-order valence-electron chi connectivity index (χ2n) is 8.03. The molecule has 0 aliphatic heterocycles. The first-order chi connectivity index (χ1) is 16.4. The highest BCUT2D eigenvalue weighted by atomic mass is 16.6. The summed E-state index contributed by atoms with van der Waals surface area (Å²) in [7, 11) is 0. The summed E-state index contributed by atoms with van der Waals surface area (Å²) in [6, 6.07) is 15.0. The fourth-order valence-corrected chi connectivity index (χ4v) is 2.88. The molecule has 34 heavy (non-hydrogen) atoms. The standard InChI is InChI=1S/C28H36O6/c1-5-7-19-31-27(29)21(3)33-25-15-11-23(12-16-25)9-10-24-13-17-26(18-14-24)34-22(4)28(30)32-20-8-6-2/h9-18,21-22H,5-8,19-20H2,1-4H3/b10-9+. The summed E-state index contributed by atoms with van der Waals surface area (Å²) >= 11 is 0. The Balaban J connectivity index is 1.84. The van der Waals surface area contributed by atoms with E-state index in [4.69, 9.17) is 18.9 Å². The molecule has 2 rings (SSSR count). The van der Waals surface area contributed by atoms with Crippen LogP contribution in [0, 0.1) is 0 Å². The third-order valence-corrected chi connectivity index (χ3v) is 5.00. The number of ether oxygens (including phenoxy) is 4. The van der Waals surface area contributed by atoms with Crippen LogP contribution in [0.3, 0.4) is 0 Å². The Bertz CT molecular complexity index is 826. The minimum absolute atomic E-state index is 0.354. The third-order valence-electron chi connectivity index (χ3n) is 5.00. The van der Waals surface area contributed by atoms with E-state index in [0.29, 0.717) is 24.7 Å². The monoisotopic (exact) mass is 468 g/mol. The van der Waals surface area contributed by atoms with Gasteiger partial charge in [-0.25, -0.2) is 9.59 Å². The van der Waals surface area contributed by atoms with Crippen molar-refractivity contribution in [2.75, 3.05) is 13.2 Å². The molecule has 0 aromatic heterocycles. The molecule has 184 valence electrons. The smallest absolute Gasteiger partial charge is 0.347 e. The normalized spacial score (nSPS) is 12.7. The number of hydrogen-bond donors (Lipinski definition) is 0. The van der Waals surface area contributed by atoms with E-state index in [-0.39, 0.29) is 11.9 Å². The quantitative estimate of drug-likeness (QED) is 0.190. The SMILES string of the molecule is CCCCOC(=O)C(C)Oc1ccc(/C=C/c2ccc(OC(C)C(=O)OCCCC)cc2)cc1. The van der Waals surface area contributed by atoms with Crippen LogP contribution in [-0.4, -0.2) is 37.4 Å². The van der Waals surface area contributed by atoms with E-state index in [0.717, 1.165) is 36.8 Å². The second-order valence-corrected chi connectivity index (χ2v) is 8.03. The molecule has 0 bridgehead atoms. The molecule has 6 nitrogen and oxygen atoms in total. The highest BCUT2D eigenvalue weighted by Crippen LogP contribution is 2.18. The molecule has 2 aromatic carbocycles. The van der Waals surface area contributed by atoms with E-state index in [9.17, 15) is 9.59 Å². The first-order valence-electron chi connectivity index (χ1n) is 12.0. The average molecular weight is 469 g/mol. The topological polar surface area (TPSA) is 71.1 Å². The van der Waals surface area contributed by atoms with E-state index in [2.05, 4.69) is 0 Å². The van der Waals surface area contributed by atoms with E-state index < -0.39 is 12.2 Å². The predicted molar refractivity (Wildman–Crippen MR) is 134 cm³/mol. The van der Waals surface area contributed by atoms with Gasteiger partial charge in [0.25, 0.3) is 0 Å². The molecule has 0 N–H and O–H groups in total. The summed E-state index contributed by atoms with van der Waals surface area (Å²) in [6.45, 7) is 8.31. The molecule has 0 saturated heterocycles. The molecule has 0 heterocycles. The van der Waals surface area contributed by atoms with Gasteiger partial charge in [-0.3, -0.25) is 0 Å². The van der Waals surface area contributed by atoms with Crippen molar-refractivity contribution in [3.8, 4) is 11.5 Å². The van der Waals surface area contributed by atoms with Gasteiger partial charge in [-0.2, -0.15) is 0 Å². The van der Waals surface area contributed by atoms with Gasteiger partial charge in [0.15, 0.2) is 12.2 Å². The Morgan fingerprint density at radius 3 is 1.35 bits per heavy atom. The summed E-state index contributed by atoms with van der Waals surface area (Å²) in [4.78, 5) is 23.9. The minimum Gasteiger partial charge on any atom is -0.479 e. The fourth-order valence-electron chi connectivity index (χ4n) is 2.88. The largest absolute Gasteiger partial charge is 0.479 e. The lowest BCUT2D eigenvalue weighted by molar-refractivity contribution is -0.151. The Morgan fingerprint density at radius 2 is 1.03 bits per heavy atom. The van der Waals surface area contributed by atoms with E-state index in [1.807, 2.05) is 74.5 Å². The maximum atomic E-state index is 11.9. The number of carbonyl (C=O) groups excluding carboxylic acids is 2. The minimum atomic E-state index is -0.653. The molecular weight excluding hydrogens is 432 g/mol. The van der Waals surface area contributed by atoms with Gasteiger partial charge in [-0.15, -0.1) is 0 Å². The molecule has 0 fully saturated rings. The highest BCUT2D eigenvalue weighted by molar-refractivity contribution is 5.75. The lowest BCUT2D eigenvalue weighted by Crippen LogP contribution is -2.26. The summed E-state index contributed by atoms with van der Waals surface area (Å²) in [5, 5.41) is 0. The number of unbranched alkanes of at least 4 members (excludes halogenated alkanes) is 2. The molecule has 0 radical (unpaired) electrons. The number of carbonyl (C=O) groups is 2. The molecule has 0 aliphatic carbocycles. The Labute approximate surface area is 202 Å². The van der Waals surface area contributed by atoms with E-state index in [1.54, 1.807) is 13.8 Å².